The average molecular weight is 323 g/mol. The second-order valence-corrected chi connectivity index (χ2v) is 5.87. The van der Waals surface area contributed by atoms with Crippen LogP contribution in [0.5, 0.6) is 0 Å². The summed E-state index contributed by atoms with van der Waals surface area (Å²) in [6, 6.07) is 19.9. The summed E-state index contributed by atoms with van der Waals surface area (Å²) in [6.45, 7) is 1.65. The standard InChI is InChI=1S/C18H21N5O/c1-22(12-15-8-4-2-5-9-15)13-17(24)14-23-20-18(19-21-23)16-10-6-3-7-11-16/h2-11,17,24H,12-14H2,1H3. The van der Waals surface area contributed by atoms with Gasteiger partial charge < -0.3 is 5.11 Å². The predicted octanol–water partition coefficient (Wildman–Crippen LogP) is 1.83. The minimum Gasteiger partial charge on any atom is -0.390 e. The molecule has 1 heterocycles. The van der Waals surface area contributed by atoms with Gasteiger partial charge in [0, 0.05) is 18.7 Å². The van der Waals surface area contributed by atoms with Crippen LogP contribution in [0.2, 0.25) is 0 Å². The Labute approximate surface area is 141 Å². The zero-order valence-electron chi connectivity index (χ0n) is 13.7. The van der Waals surface area contributed by atoms with Gasteiger partial charge in [-0.25, -0.2) is 0 Å². The number of tetrazole rings is 1. The number of hydrogen-bond acceptors (Lipinski definition) is 5. The number of likely N-dealkylation sites (N-methyl/N-ethyl adjacent to an activating group) is 1. The summed E-state index contributed by atoms with van der Waals surface area (Å²) in [6.07, 6.45) is -0.559. The summed E-state index contributed by atoms with van der Waals surface area (Å²) in [4.78, 5) is 3.53. The average Bonchev–Trinajstić information content (AvgIpc) is 3.04. The second-order valence-electron chi connectivity index (χ2n) is 5.87. The Morgan fingerprint density at radius 3 is 2.42 bits per heavy atom. The maximum atomic E-state index is 10.3. The quantitative estimate of drug-likeness (QED) is 0.718. The molecule has 0 spiro atoms. The summed E-state index contributed by atoms with van der Waals surface area (Å²) >= 11 is 0. The first kappa shape index (κ1) is 16.3. The lowest BCUT2D eigenvalue weighted by Crippen LogP contribution is -2.32. The molecule has 6 heteroatoms. The molecule has 24 heavy (non-hydrogen) atoms. The molecule has 1 atom stereocenters. The highest BCUT2D eigenvalue weighted by molar-refractivity contribution is 5.52. The lowest BCUT2D eigenvalue weighted by Gasteiger charge is -2.20. The Hall–Kier alpha value is -2.57. The lowest BCUT2D eigenvalue weighted by molar-refractivity contribution is 0.0989. The first-order valence-corrected chi connectivity index (χ1v) is 7.94. The van der Waals surface area contributed by atoms with Gasteiger partial charge in [0.1, 0.15) is 0 Å². The largest absolute Gasteiger partial charge is 0.390 e. The zero-order chi connectivity index (χ0) is 16.8. The van der Waals surface area contributed by atoms with Crippen LogP contribution in [-0.2, 0) is 13.1 Å². The van der Waals surface area contributed by atoms with Gasteiger partial charge >= 0.3 is 0 Å². The number of rotatable bonds is 7. The van der Waals surface area contributed by atoms with E-state index in [4.69, 9.17) is 0 Å². The molecule has 3 rings (SSSR count). The molecule has 0 aliphatic heterocycles. The maximum Gasteiger partial charge on any atom is 0.204 e. The van der Waals surface area contributed by atoms with Gasteiger partial charge in [0.15, 0.2) is 0 Å². The fourth-order valence-electron chi connectivity index (χ4n) is 2.59. The van der Waals surface area contributed by atoms with E-state index in [1.54, 1.807) is 0 Å². The Morgan fingerprint density at radius 2 is 1.71 bits per heavy atom. The highest BCUT2D eigenvalue weighted by atomic mass is 16.3. The molecule has 1 aromatic heterocycles. The van der Waals surface area contributed by atoms with Crippen LogP contribution >= 0.6 is 0 Å². The van der Waals surface area contributed by atoms with E-state index < -0.39 is 6.10 Å². The molecule has 0 bridgehead atoms. The van der Waals surface area contributed by atoms with Crippen LogP contribution in [0.15, 0.2) is 60.7 Å². The van der Waals surface area contributed by atoms with Crippen LogP contribution in [0.3, 0.4) is 0 Å². The van der Waals surface area contributed by atoms with Crippen LogP contribution in [0.25, 0.3) is 11.4 Å². The first-order valence-electron chi connectivity index (χ1n) is 7.94. The molecule has 2 aromatic carbocycles. The van der Waals surface area contributed by atoms with Gasteiger partial charge in [-0.15, -0.1) is 10.2 Å². The molecule has 0 saturated heterocycles. The highest BCUT2D eigenvalue weighted by Crippen LogP contribution is 2.12. The Bertz CT molecular complexity index is 744. The summed E-state index contributed by atoms with van der Waals surface area (Å²) < 4.78 is 0. The van der Waals surface area contributed by atoms with Crippen LogP contribution < -0.4 is 0 Å². The van der Waals surface area contributed by atoms with E-state index in [1.165, 1.54) is 10.4 Å². The van der Waals surface area contributed by atoms with Crippen molar-refractivity contribution >= 4 is 0 Å². The van der Waals surface area contributed by atoms with E-state index in [-0.39, 0.29) is 0 Å². The number of aromatic nitrogens is 4. The van der Waals surface area contributed by atoms with Crippen molar-refractivity contribution in [2.75, 3.05) is 13.6 Å². The van der Waals surface area contributed by atoms with E-state index in [1.807, 2.05) is 55.6 Å². The van der Waals surface area contributed by atoms with Crippen molar-refractivity contribution in [3.63, 3.8) is 0 Å². The summed E-state index contributed by atoms with van der Waals surface area (Å²) in [7, 11) is 1.99. The third kappa shape index (κ3) is 4.47. The fourth-order valence-corrected chi connectivity index (χ4v) is 2.59. The van der Waals surface area contributed by atoms with Crippen molar-refractivity contribution in [2.24, 2.45) is 0 Å². The summed E-state index contributed by atoms with van der Waals surface area (Å²) in [5, 5.41) is 22.7. The molecular weight excluding hydrogens is 302 g/mol. The first-order chi connectivity index (χ1) is 11.7. The summed E-state index contributed by atoms with van der Waals surface area (Å²) in [5.41, 5.74) is 2.14. The molecular formula is C18H21N5O. The third-order valence-corrected chi connectivity index (χ3v) is 3.68. The molecule has 3 aromatic rings. The highest BCUT2D eigenvalue weighted by Gasteiger charge is 2.12. The van der Waals surface area contributed by atoms with Gasteiger partial charge in [-0.3, -0.25) is 4.90 Å². The molecule has 0 amide bonds. The smallest absolute Gasteiger partial charge is 0.204 e. The van der Waals surface area contributed by atoms with E-state index in [2.05, 4.69) is 32.4 Å². The van der Waals surface area contributed by atoms with Gasteiger partial charge in [0.05, 0.1) is 12.6 Å². The molecule has 1 N–H and O–H groups in total. The molecule has 0 fully saturated rings. The number of hydrogen-bond donors (Lipinski definition) is 1. The Kier molecular flexibility index (Phi) is 5.30. The van der Waals surface area contributed by atoms with Gasteiger partial charge in [0.2, 0.25) is 5.82 Å². The maximum absolute atomic E-state index is 10.3. The van der Waals surface area contributed by atoms with Crippen molar-refractivity contribution < 1.29 is 5.11 Å². The molecule has 1 unspecified atom stereocenters. The monoisotopic (exact) mass is 323 g/mol. The third-order valence-electron chi connectivity index (χ3n) is 3.68. The van der Waals surface area contributed by atoms with Crippen LogP contribution in [-0.4, -0.2) is 49.9 Å². The molecule has 124 valence electrons. The molecule has 0 saturated carbocycles. The Balaban J connectivity index is 1.53. The van der Waals surface area contributed by atoms with Gasteiger partial charge in [-0.05, 0) is 17.8 Å². The topological polar surface area (TPSA) is 67.1 Å². The molecule has 6 nitrogen and oxygen atoms in total. The predicted molar refractivity (Wildman–Crippen MR) is 92.0 cm³/mol. The van der Waals surface area contributed by atoms with Gasteiger partial charge in [0.25, 0.3) is 0 Å². The van der Waals surface area contributed by atoms with Crippen molar-refractivity contribution in [1.29, 1.82) is 0 Å². The van der Waals surface area contributed by atoms with E-state index in [0.717, 1.165) is 12.1 Å². The number of aliphatic hydroxyl groups excluding tert-OH is 1. The normalized spacial score (nSPS) is 12.5. The van der Waals surface area contributed by atoms with Crippen molar-refractivity contribution in [3.05, 3.63) is 66.2 Å². The summed E-state index contributed by atoms with van der Waals surface area (Å²) in [5.74, 6) is 0.570. The number of aliphatic hydroxyl groups is 1. The van der Waals surface area contributed by atoms with Gasteiger partial charge in [-0.2, -0.15) is 4.80 Å². The van der Waals surface area contributed by atoms with Crippen molar-refractivity contribution in [3.8, 4) is 11.4 Å². The molecule has 0 aliphatic rings. The SMILES string of the molecule is CN(Cc1ccccc1)CC(O)Cn1nnc(-c2ccccc2)n1. The zero-order valence-corrected chi connectivity index (χ0v) is 13.7. The fraction of sp³-hybridized carbons (Fsp3) is 0.278. The Morgan fingerprint density at radius 1 is 1.04 bits per heavy atom. The second kappa shape index (κ2) is 7.81. The minimum absolute atomic E-state index is 0.318. The van der Waals surface area contributed by atoms with Crippen molar-refractivity contribution in [1.82, 2.24) is 25.1 Å². The van der Waals surface area contributed by atoms with E-state index in [9.17, 15) is 5.11 Å². The van der Waals surface area contributed by atoms with Crippen LogP contribution in [0.4, 0.5) is 0 Å². The van der Waals surface area contributed by atoms with Gasteiger partial charge in [-0.1, -0.05) is 60.7 Å². The number of benzene rings is 2. The van der Waals surface area contributed by atoms with E-state index in [0.29, 0.717) is 18.9 Å². The number of nitrogens with zero attached hydrogens (tertiary/aromatic N) is 5. The van der Waals surface area contributed by atoms with Crippen molar-refractivity contribution in [2.45, 2.75) is 19.2 Å². The van der Waals surface area contributed by atoms with E-state index >= 15 is 0 Å². The van der Waals surface area contributed by atoms with Crippen LogP contribution in [0.1, 0.15) is 5.56 Å². The van der Waals surface area contributed by atoms with Crippen LogP contribution in [0, 0.1) is 0 Å². The minimum atomic E-state index is -0.559. The lowest BCUT2D eigenvalue weighted by atomic mass is 10.2. The molecule has 0 aliphatic carbocycles. The molecule has 0 radical (unpaired) electrons.